The summed E-state index contributed by atoms with van der Waals surface area (Å²) in [6.07, 6.45) is 3.99. The van der Waals surface area contributed by atoms with Gasteiger partial charge in [0.05, 0.1) is 5.92 Å². The first kappa shape index (κ1) is 10.7. The maximum atomic E-state index is 10.8. The predicted octanol–water partition coefficient (Wildman–Crippen LogP) is 2.96. The number of carboxylic acids is 1. The minimum atomic E-state index is -0.612. The van der Waals surface area contributed by atoms with Gasteiger partial charge in [0.15, 0.2) is 0 Å². The topological polar surface area (TPSA) is 37.3 Å². The molecule has 2 unspecified atom stereocenters. The van der Waals surface area contributed by atoms with Crippen molar-refractivity contribution in [3.63, 3.8) is 0 Å². The largest absolute Gasteiger partial charge is 0.481 e. The van der Waals surface area contributed by atoms with Crippen molar-refractivity contribution in [1.82, 2.24) is 0 Å². The Morgan fingerprint density at radius 1 is 1.47 bits per heavy atom. The molecular weight excluding hydrogens is 208 g/mol. The highest BCUT2D eigenvalue weighted by atomic mass is 32.1. The third-order valence-corrected chi connectivity index (χ3v) is 4.52. The Hall–Kier alpha value is -0.830. The first-order chi connectivity index (χ1) is 7.20. The fraction of sp³-hybridized carbons (Fsp3) is 0.583. The minimum absolute atomic E-state index is 0.0859. The van der Waals surface area contributed by atoms with Crippen molar-refractivity contribution in [2.45, 2.75) is 32.6 Å². The van der Waals surface area contributed by atoms with Gasteiger partial charge in [-0.2, -0.15) is 0 Å². The van der Waals surface area contributed by atoms with Gasteiger partial charge < -0.3 is 5.11 Å². The molecule has 1 aromatic rings. The van der Waals surface area contributed by atoms with Gasteiger partial charge in [-0.25, -0.2) is 0 Å². The SMILES string of the molecule is CCc1ccc(CC2CCC2C(=O)O)s1. The highest BCUT2D eigenvalue weighted by Crippen LogP contribution is 2.38. The van der Waals surface area contributed by atoms with Crippen molar-refractivity contribution in [3.05, 3.63) is 21.9 Å². The Morgan fingerprint density at radius 2 is 2.20 bits per heavy atom. The van der Waals surface area contributed by atoms with Gasteiger partial charge >= 0.3 is 5.97 Å². The zero-order chi connectivity index (χ0) is 10.8. The molecule has 2 atom stereocenters. The van der Waals surface area contributed by atoms with Crippen molar-refractivity contribution in [2.24, 2.45) is 11.8 Å². The van der Waals surface area contributed by atoms with E-state index in [2.05, 4.69) is 19.1 Å². The summed E-state index contributed by atoms with van der Waals surface area (Å²) < 4.78 is 0. The molecule has 0 radical (unpaired) electrons. The molecule has 0 bridgehead atoms. The van der Waals surface area contributed by atoms with E-state index in [0.29, 0.717) is 5.92 Å². The van der Waals surface area contributed by atoms with E-state index in [-0.39, 0.29) is 5.92 Å². The summed E-state index contributed by atoms with van der Waals surface area (Å²) in [6, 6.07) is 4.31. The van der Waals surface area contributed by atoms with Crippen LogP contribution in [-0.2, 0) is 17.6 Å². The molecule has 1 aliphatic rings. The standard InChI is InChI=1S/C12H16O2S/c1-2-9-4-5-10(15-9)7-8-3-6-11(8)12(13)14/h4-5,8,11H,2-3,6-7H2,1H3,(H,13,14). The van der Waals surface area contributed by atoms with Crippen LogP contribution >= 0.6 is 11.3 Å². The smallest absolute Gasteiger partial charge is 0.306 e. The Morgan fingerprint density at radius 3 is 2.67 bits per heavy atom. The van der Waals surface area contributed by atoms with Crippen LogP contribution in [0.4, 0.5) is 0 Å². The van der Waals surface area contributed by atoms with E-state index in [1.54, 1.807) is 0 Å². The van der Waals surface area contributed by atoms with E-state index in [9.17, 15) is 4.79 Å². The van der Waals surface area contributed by atoms with Crippen molar-refractivity contribution >= 4 is 17.3 Å². The summed E-state index contributed by atoms with van der Waals surface area (Å²) in [5.41, 5.74) is 0. The lowest BCUT2D eigenvalue weighted by Crippen LogP contribution is -2.33. The molecule has 0 aromatic carbocycles. The molecule has 82 valence electrons. The van der Waals surface area contributed by atoms with Crippen LogP contribution in [-0.4, -0.2) is 11.1 Å². The molecule has 3 heteroatoms. The third-order valence-electron chi connectivity index (χ3n) is 3.26. The van der Waals surface area contributed by atoms with Crippen LogP contribution in [0.25, 0.3) is 0 Å². The van der Waals surface area contributed by atoms with Crippen molar-refractivity contribution in [1.29, 1.82) is 0 Å². The van der Waals surface area contributed by atoms with Crippen molar-refractivity contribution in [2.75, 3.05) is 0 Å². The minimum Gasteiger partial charge on any atom is -0.481 e. The van der Waals surface area contributed by atoms with Gasteiger partial charge in [0.25, 0.3) is 0 Å². The van der Waals surface area contributed by atoms with Crippen molar-refractivity contribution in [3.8, 4) is 0 Å². The van der Waals surface area contributed by atoms with Crippen LogP contribution in [0.15, 0.2) is 12.1 Å². The Labute approximate surface area is 93.9 Å². The summed E-state index contributed by atoms with van der Waals surface area (Å²) in [5, 5.41) is 8.94. The van der Waals surface area contributed by atoms with Crippen LogP contribution < -0.4 is 0 Å². The van der Waals surface area contributed by atoms with Crippen LogP contribution in [0, 0.1) is 11.8 Å². The summed E-state index contributed by atoms with van der Waals surface area (Å²) in [4.78, 5) is 13.6. The monoisotopic (exact) mass is 224 g/mol. The number of hydrogen-bond acceptors (Lipinski definition) is 2. The molecule has 1 saturated carbocycles. The van der Waals surface area contributed by atoms with E-state index >= 15 is 0 Å². The van der Waals surface area contributed by atoms with Crippen LogP contribution in [0.1, 0.15) is 29.5 Å². The number of thiophene rings is 1. The number of aliphatic carboxylic acids is 1. The summed E-state index contributed by atoms with van der Waals surface area (Å²) in [6.45, 7) is 2.15. The number of carboxylic acid groups (broad SMARTS) is 1. The number of aryl methyl sites for hydroxylation is 1. The van der Waals surface area contributed by atoms with E-state index in [4.69, 9.17) is 5.11 Å². The second-order valence-corrected chi connectivity index (χ2v) is 5.46. The highest BCUT2D eigenvalue weighted by molar-refractivity contribution is 7.11. The quantitative estimate of drug-likeness (QED) is 0.853. The van der Waals surface area contributed by atoms with E-state index in [1.165, 1.54) is 9.75 Å². The number of hydrogen-bond donors (Lipinski definition) is 1. The summed E-state index contributed by atoms with van der Waals surface area (Å²) in [7, 11) is 0. The lowest BCUT2D eigenvalue weighted by molar-refractivity contribution is -0.147. The molecule has 0 saturated heterocycles. The number of rotatable bonds is 4. The summed E-state index contributed by atoms with van der Waals surface area (Å²) >= 11 is 1.83. The Balaban J connectivity index is 1.94. The molecular formula is C12H16O2S. The number of carbonyl (C=O) groups is 1. The average Bonchev–Trinajstić information content (AvgIpc) is 2.59. The molecule has 1 fully saturated rings. The van der Waals surface area contributed by atoms with Crippen LogP contribution in [0.3, 0.4) is 0 Å². The molecule has 15 heavy (non-hydrogen) atoms. The zero-order valence-electron chi connectivity index (χ0n) is 8.90. The van der Waals surface area contributed by atoms with E-state index < -0.39 is 5.97 Å². The molecule has 2 rings (SSSR count). The normalized spacial score (nSPS) is 24.9. The molecule has 2 nitrogen and oxygen atoms in total. The van der Waals surface area contributed by atoms with Gasteiger partial charge in [-0.15, -0.1) is 11.3 Å². The maximum absolute atomic E-state index is 10.8. The zero-order valence-corrected chi connectivity index (χ0v) is 9.72. The highest BCUT2D eigenvalue weighted by Gasteiger charge is 2.36. The van der Waals surface area contributed by atoms with Crippen LogP contribution in [0.5, 0.6) is 0 Å². The molecule has 1 N–H and O–H groups in total. The fourth-order valence-corrected chi connectivity index (χ4v) is 3.17. The maximum Gasteiger partial charge on any atom is 0.306 e. The van der Waals surface area contributed by atoms with Gasteiger partial charge in [-0.1, -0.05) is 6.92 Å². The Bertz CT molecular complexity index is 356. The first-order valence-corrected chi connectivity index (χ1v) is 6.32. The average molecular weight is 224 g/mol. The molecule has 0 spiro atoms. The molecule has 0 aliphatic heterocycles. The summed E-state index contributed by atoms with van der Waals surface area (Å²) in [5.74, 6) is -0.318. The van der Waals surface area contributed by atoms with Gasteiger partial charge in [-0.3, -0.25) is 4.79 Å². The molecule has 1 aliphatic carbocycles. The van der Waals surface area contributed by atoms with E-state index in [0.717, 1.165) is 25.7 Å². The van der Waals surface area contributed by atoms with Crippen LogP contribution in [0.2, 0.25) is 0 Å². The molecule has 0 amide bonds. The second kappa shape index (κ2) is 4.35. The van der Waals surface area contributed by atoms with E-state index in [1.807, 2.05) is 11.3 Å². The Kier molecular flexibility index (Phi) is 3.10. The van der Waals surface area contributed by atoms with Gasteiger partial charge in [0.2, 0.25) is 0 Å². The molecule has 1 aromatic heterocycles. The lowest BCUT2D eigenvalue weighted by Gasteiger charge is -2.32. The first-order valence-electron chi connectivity index (χ1n) is 5.51. The fourth-order valence-electron chi connectivity index (χ4n) is 2.12. The predicted molar refractivity (Wildman–Crippen MR) is 61.3 cm³/mol. The van der Waals surface area contributed by atoms with Gasteiger partial charge in [0, 0.05) is 9.75 Å². The lowest BCUT2D eigenvalue weighted by atomic mass is 9.72. The second-order valence-electron chi connectivity index (χ2n) is 4.21. The van der Waals surface area contributed by atoms with Gasteiger partial charge in [-0.05, 0) is 43.7 Å². The molecule has 1 heterocycles. The third kappa shape index (κ3) is 2.23. The van der Waals surface area contributed by atoms with Gasteiger partial charge in [0.1, 0.15) is 0 Å². The van der Waals surface area contributed by atoms with Crippen molar-refractivity contribution < 1.29 is 9.90 Å².